The number of hydrogen-bond donors (Lipinski definition) is 2. The molecular weight excluding hydrogens is 256 g/mol. The summed E-state index contributed by atoms with van der Waals surface area (Å²) >= 11 is 0. The average molecular weight is 282 g/mol. The molecule has 2 N–H and O–H groups in total. The Bertz CT molecular complexity index is 373. The van der Waals surface area contributed by atoms with Crippen molar-refractivity contribution in [2.75, 3.05) is 13.1 Å². The van der Waals surface area contributed by atoms with Crippen LogP contribution in [0.4, 0.5) is 4.79 Å². The summed E-state index contributed by atoms with van der Waals surface area (Å²) in [6, 6.07) is 0.0530. The minimum atomic E-state index is -0.806. The maximum absolute atomic E-state index is 12.2. The molecule has 0 atom stereocenters. The molecule has 0 spiro atoms. The molecule has 0 bridgehead atoms. The molecule has 2 fully saturated rings. The van der Waals surface area contributed by atoms with E-state index in [1.165, 1.54) is 25.7 Å². The number of amides is 2. The summed E-state index contributed by atoms with van der Waals surface area (Å²) in [6.07, 6.45) is 5.76. The fourth-order valence-electron chi connectivity index (χ4n) is 2.93. The molecule has 0 aromatic rings. The van der Waals surface area contributed by atoms with Crippen molar-refractivity contribution < 1.29 is 14.7 Å². The molecule has 0 heterocycles. The average Bonchev–Trinajstić information content (AvgIpc) is 3.24. The van der Waals surface area contributed by atoms with Crippen molar-refractivity contribution in [2.24, 2.45) is 11.3 Å². The predicted octanol–water partition coefficient (Wildman–Crippen LogP) is 2.46. The number of carbonyl (C=O) groups excluding carboxylic acids is 1. The van der Waals surface area contributed by atoms with E-state index in [9.17, 15) is 9.59 Å². The van der Waals surface area contributed by atoms with Gasteiger partial charge < -0.3 is 15.3 Å². The molecule has 2 aliphatic rings. The summed E-state index contributed by atoms with van der Waals surface area (Å²) in [5, 5.41) is 11.7. The van der Waals surface area contributed by atoms with Crippen LogP contribution in [0.5, 0.6) is 0 Å². The topological polar surface area (TPSA) is 69.6 Å². The van der Waals surface area contributed by atoms with Gasteiger partial charge >= 0.3 is 12.0 Å². The van der Waals surface area contributed by atoms with Crippen LogP contribution in [0.25, 0.3) is 0 Å². The van der Waals surface area contributed by atoms with E-state index >= 15 is 0 Å². The largest absolute Gasteiger partial charge is 0.481 e. The van der Waals surface area contributed by atoms with E-state index < -0.39 is 5.97 Å². The molecular formula is C15H26N2O3. The van der Waals surface area contributed by atoms with Gasteiger partial charge in [0, 0.05) is 25.6 Å². The van der Waals surface area contributed by atoms with Gasteiger partial charge in [-0.3, -0.25) is 4.79 Å². The molecule has 2 rings (SSSR count). The van der Waals surface area contributed by atoms with Crippen LogP contribution in [-0.4, -0.2) is 41.1 Å². The van der Waals surface area contributed by atoms with E-state index in [-0.39, 0.29) is 18.5 Å². The lowest BCUT2D eigenvalue weighted by Gasteiger charge is -2.28. The lowest BCUT2D eigenvalue weighted by molar-refractivity contribution is -0.137. The standard InChI is InChI=1S/C15H26N2O3/c1-11(2)17(9-3-4-13(18)19)14(20)16-10-15(7-8-15)12-5-6-12/h11-12H,3-10H2,1-2H3,(H,16,20)(H,18,19). The number of carboxylic acid groups (broad SMARTS) is 1. The molecule has 0 aliphatic heterocycles. The zero-order valence-electron chi connectivity index (χ0n) is 12.5. The van der Waals surface area contributed by atoms with Crippen LogP contribution < -0.4 is 5.32 Å². The molecule has 2 aliphatic carbocycles. The van der Waals surface area contributed by atoms with Crippen LogP contribution in [-0.2, 0) is 4.79 Å². The highest BCUT2D eigenvalue weighted by molar-refractivity contribution is 5.74. The van der Waals surface area contributed by atoms with Gasteiger partial charge in [0.05, 0.1) is 0 Å². The molecule has 2 saturated carbocycles. The zero-order chi connectivity index (χ0) is 14.8. The molecule has 0 unspecified atom stereocenters. The lowest BCUT2D eigenvalue weighted by Crippen LogP contribution is -2.46. The lowest BCUT2D eigenvalue weighted by atomic mass is 10.0. The van der Waals surface area contributed by atoms with E-state index in [0.29, 0.717) is 18.4 Å². The van der Waals surface area contributed by atoms with Gasteiger partial charge in [0.25, 0.3) is 0 Å². The molecule has 5 nitrogen and oxygen atoms in total. The first-order valence-corrected chi connectivity index (χ1v) is 7.71. The minimum Gasteiger partial charge on any atom is -0.481 e. The van der Waals surface area contributed by atoms with Gasteiger partial charge in [-0.25, -0.2) is 4.79 Å². The van der Waals surface area contributed by atoms with Crippen molar-refractivity contribution in [3.8, 4) is 0 Å². The van der Waals surface area contributed by atoms with E-state index in [2.05, 4.69) is 5.32 Å². The second kappa shape index (κ2) is 6.02. The summed E-state index contributed by atoms with van der Waals surface area (Å²) in [7, 11) is 0. The normalized spacial score (nSPS) is 19.8. The highest BCUT2D eigenvalue weighted by atomic mass is 16.4. The van der Waals surface area contributed by atoms with Crippen LogP contribution in [0, 0.1) is 11.3 Å². The summed E-state index contributed by atoms with van der Waals surface area (Å²) in [5.41, 5.74) is 0.402. The van der Waals surface area contributed by atoms with Gasteiger partial charge in [-0.1, -0.05) is 0 Å². The summed E-state index contributed by atoms with van der Waals surface area (Å²) in [5.74, 6) is 0.0297. The van der Waals surface area contributed by atoms with Crippen LogP contribution in [0.3, 0.4) is 0 Å². The van der Waals surface area contributed by atoms with E-state index in [0.717, 1.165) is 12.5 Å². The second-order valence-corrected chi connectivity index (χ2v) is 6.58. The third-order valence-corrected chi connectivity index (χ3v) is 4.60. The summed E-state index contributed by atoms with van der Waals surface area (Å²) in [4.78, 5) is 24.5. The Labute approximate surface area is 120 Å². The monoisotopic (exact) mass is 282 g/mol. The highest BCUT2D eigenvalue weighted by Crippen LogP contribution is 2.60. The van der Waals surface area contributed by atoms with Crippen molar-refractivity contribution in [3.05, 3.63) is 0 Å². The zero-order valence-corrected chi connectivity index (χ0v) is 12.5. The molecule has 5 heteroatoms. The fraction of sp³-hybridized carbons (Fsp3) is 0.867. The summed E-state index contributed by atoms with van der Waals surface area (Å²) < 4.78 is 0. The Morgan fingerprint density at radius 2 is 2.00 bits per heavy atom. The van der Waals surface area contributed by atoms with Crippen molar-refractivity contribution in [1.29, 1.82) is 0 Å². The number of rotatable bonds is 8. The molecule has 0 saturated heterocycles. The molecule has 0 radical (unpaired) electrons. The smallest absolute Gasteiger partial charge is 0.317 e. The second-order valence-electron chi connectivity index (χ2n) is 6.58. The third kappa shape index (κ3) is 3.87. The molecule has 20 heavy (non-hydrogen) atoms. The maximum atomic E-state index is 12.2. The molecule has 0 aromatic carbocycles. The fourth-order valence-corrected chi connectivity index (χ4v) is 2.93. The number of aliphatic carboxylic acids is 1. The number of carboxylic acids is 1. The number of urea groups is 1. The van der Waals surface area contributed by atoms with Crippen molar-refractivity contribution >= 4 is 12.0 Å². The number of hydrogen-bond acceptors (Lipinski definition) is 2. The molecule has 2 amide bonds. The quantitative estimate of drug-likeness (QED) is 0.718. The van der Waals surface area contributed by atoms with Crippen molar-refractivity contribution in [3.63, 3.8) is 0 Å². The number of nitrogens with one attached hydrogen (secondary N) is 1. The first-order chi connectivity index (χ1) is 9.44. The first kappa shape index (κ1) is 15.1. The predicted molar refractivity (Wildman–Crippen MR) is 76.5 cm³/mol. The van der Waals surface area contributed by atoms with Gasteiger partial charge in [0.1, 0.15) is 0 Å². The Kier molecular flexibility index (Phi) is 4.55. The van der Waals surface area contributed by atoms with Crippen LogP contribution >= 0.6 is 0 Å². The van der Waals surface area contributed by atoms with Gasteiger partial charge in [-0.15, -0.1) is 0 Å². The summed E-state index contributed by atoms with van der Waals surface area (Å²) in [6.45, 7) is 5.23. The Balaban J connectivity index is 1.76. The molecule has 0 aromatic heterocycles. The third-order valence-electron chi connectivity index (χ3n) is 4.60. The highest BCUT2D eigenvalue weighted by Gasteiger charge is 2.53. The van der Waals surface area contributed by atoms with E-state index in [1.54, 1.807) is 4.90 Å². The van der Waals surface area contributed by atoms with Gasteiger partial charge in [-0.05, 0) is 57.3 Å². The Morgan fingerprint density at radius 3 is 2.45 bits per heavy atom. The van der Waals surface area contributed by atoms with Crippen LogP contribution in [0.2, 0.25) is 0 Å². The van der Waals surface area contributed by atoms with Crippen molar-refractivity contribution in [2.45, 2.75) is 58.4 Å². The van der Waals surface area contributed by atoms with E-state index in [4.69, 9.17) is 5.11 Å². The number of carbonyl (C=O) groups is 2. The van der Waals surface area contributed by atoms with Gasteiger partial charge in [0.2, 0.25) is 0 Å². The van der Waals surface area contributed by atoms with Gasteiger partial charge in [-0.2, -0.15) is 0 Å². The van der Waals surface area contributed by atoms with Gasteiger partial charge in [0.15, 0.2) is 0 Å². The number of nitrogens with zero attached hydrogens (tertiary/aromatic N) is 1. The molecule has 114 valence electrons. The van der Waals surface area contributed by atoms with E-state index in [1.807, 2.05) is 13.8 Å². The van der Waals surface area contributed by atoms with Crippen LogP contribution in [0.1, 0.15) is 52.4 Å². The van der Waals surface area contributed by atoms with Crippen molar-refractivity contribution in [1.82, 2.24) is 10.2 Å². The Hall–Kier alpha value is -1.26. The Morgan fingerprint density at radius 1 is 1.35 bits per heavy atom. The SMILES string of the molecule is CC(C)N(CCCC(=O)O)C(=O)NCC1(C2CC2)CC1. The van der Waals surface area contributed by atoms with Crippen LogP contribution in [0.15, 0.2) is 0 Å². The minimum absolute atomic E-state index is 0.0442. The first-order valence-electron chi connectivity index (χ1n) is 7.71. The maximum Gasteiger partial charge on any atom is 0.317 e.